The van der Waals surface area contributed by atoms with Crippen LogP contribution in [-0.4, -0.2) is 28.7 Å². The molecule has 0 saturated heterocycles. The molecule has 10 heteroatoms. The standard InChI is InChI=1S/C16H12F3N3O3S/c1-11-14(12-7-3-2-4-8-12)15(25-26(23,24)16(17,18)19)22(21-11)13-9-5-6-10-20-13/h2-10H,1H3. The van der Waals surface area contributed by atoms with Crippen molar-refractivity contribution in [3.05, 3.63) is 60.4 Å². The smallest absolute Gasteiger partial charge is 0.354 e. The van der Waals surface area contributed by atoms with Gasteiger partial charge in [0.15, 0.2) is 5.82 Å². The summed E-state index contributed by atoms with van der Waals surface area (Å²) in [6.45, 7) is 1.54. The summed E-state index contributed by atoms with van der Waals surface area (Å²) in [5.74, 6) is -0.463. The van der Waals surface area contributed by atoms with Gasteiger partial charge in [-0.1, -0.05) is 36.4 Å². The van der Waals surface area contributed by atoms with Crippen molar-refractivity contribution >= 4 is 10.1 Å². The summed E-state index contributed by atoms with van der Waals surface area (Å²) < 4.78 is 67.1. The topological polar surface area (TPSA) is 74.1 Å². The first-order chi connectivity index (χ1) is 12.2. The zero-order valence-corrected chi connectivity index (χ0v) is 14.1. The molecule has 0 N–H and O–H groups in total. The minimum absolute atomic E-state index is 0.116. The summed E-state index contributed by atoms with van der Waals surface area (Å²) in [6, 6.07) is 12.9. The maximum atomic E-state index is 12.8. The van der Waals surface area contributed by atoms with E-state index < -0.39 is 21.5 Å². The van der Waals surface area contributed by atoms with Crippen LogP contribution in [0.15, 0.2) is 54.7 Å². The quantitative estimate of drug-likeness (QED) is 0.509. The average molecular weight is 383 g/mol. The fourth-order valence-corrected chi connectivity index (χ4v) is 2.76. The highest BCUT2D eigenvalue weighted by Crippen LogP contribution is 2.37. The van der Waals surface area contributed by atoms with Crippen LogP contribution in [0.2, 0.25) is 0 Å². The zero-order chi connectivity index (χ0) is 18.9. The second kappa shape index (κ2) is 6.45. The van der Waals surface area contributed by atoms with Gasteiger partial charge in [0, 0.05) is 6.20 Å². The number of nitrogens with zero attached hydrogens (tertiary/aromatic N) is 3. The van der Waals surface area contributed by atoms with Crippen molar-refractivity contribution in [2.24, 2.45) is 0 Å². The van der Waals surface area contributed by atoms with Crippen LogP contribution < -0.4 is 4.18 Å². The lowest BCUT2D eigenvalue weighted by atomic mass is 10.1. The maximum absolute atomic E-state index is 12.8. The molecule has 1 aromatic carbocycles. The van der Waals surface area contributed by atoms with E-state index >= 15 is 0 Å². The van der Waals surface area contributed by atoms with Crippen LogP contribution in [0.1, 0.15) is 5.69 Å². The van der Waals surface area contributed by atoms with Gasteiger partial charge >= 0.3 is 15.6 Å². The molecule has 0 saturated carbocycles. The number of alkyl halides is 3. The van der Waals surface area contributed by atoms with Gasteiger partial charge in [0.1, 0.15) is 0 Å². The molecule has 0 aliphatic rings. The molecule has 2 aromatic heterocycles. The van der Waals surface area contributed by atoms with Crippen molar-refractivity contribution in [2.45, 2.75) is 12.4 Å². The fourth-order valence-electron chi connectivity index (χ4n) is 2.31. The fraction of sp³-hybridized carbons (Fsp3) is 0.125. The third kappa shape index (κ3) is 3.27. The molecule has 136 valence electrons. The van der Waals surface area contributed by atoms with Crippen LogP contribution >= 0.6 is 0 Å². The Morgan fingerprint density at radius 1 is 1.04 bits per heavy atom. The first-order valence-corrected chi connectivity index (χ1v) is 8.69. The molecule has 0 amide bonds. The van der Waals surface area contributed by atoms with E-state index in [-0.39, 0.29) is 17.1 Å². The van der Waals surface area contributed by atoms with Gasteiger partial charge in [-0.15, -0.1) is 0 Å². The number of halogens is 3. The van der Waals surface area contributed by atoms with E-state index in [2.05, 4.69) is 14.3 Å². The minimum atomic E-state index is -5.89. The Labute approximate surface area is 147 Å². The van der Waals surface area contributed by atoms with E-state index in [9.17, 15) is 21.6 Å². The molecule has 0 unspecified atom stereocenters. The third-order valence-corrected chi connectivity index (χ3v) is 4.36. The minimum Gasteiger partial charge on any atom is -0.354 e. The van der Waals surface area contributed by atoms with E-state index in [0.717, 1.165) is 4.68 Å². The van der Waals surface area contributed by atoms with Gasteiger partial charge in [-0.3, -0.25) is 0 Å². The Bertz CT molecular complexity index is 1020. The van der Waals surface area contributed by atoms with Gasteiger partial charge in [-0.25, -0.2) is 4.98 Å². The number of aryl methyl sites for hydroxylation is 1. The number of benzene rings is 1. The Morgan fingerprint density at radius 2 is 1.69 bits per heavy atom. The van der Waals surface area contributed by atoms with E-state index in [1.54, 1.807) is 42.5 Å². The van der Waals surface area contributed by atoms with Crippen LogP contribution in [0.5, 0.6) is 5.88 Å². The van der Waals surface area contributed by atoms with Crippen molar-refractivity contribution < 1.29 is 25.8 Å². The molecular weight excluding hydrogens is 371 g/mol. The van der Waals surface area contributed by atoms with Crippen LogP contribution in [0.3, 0.4) is 0 Å². The maximum Gasteiger partial charge on any atom is 0.534 e. The van der Waals surface area contributed by atoms with Crippen molar-refractivity contribution in [3.63, 3.8) is 0 Å². The SMILES string of the molecule is Cc1nn(-c2ccccn2)c(OS(=O)(=O)C(F)(F)F)c1-c1ccccc1. The normalized spacial score (nSPS) is 12.2. The van der Waals surface area contributed by atoms with Crippen LogP contribution in [0, 0.1) is 6.92 Å². The number of hydrogen-bond donors (Lipinski definition) is 0. The van der Waals surface area contributed by atoms with Gasteiger partial charge in [0.25, 0.3) is 0 Å². The second-order valence-electron chi connectivity index (χ2n) is 5.21. The van der Waals surface area contributed by atoms with Gasteiger partial charge < -0.3 is 4.18 Å². The second-order valence-corrected chi connectivity index (χ2v) is 6.75. The van der Waals surface area contributed by atoms with Gasteiger partial charge in [-0.2, -0.15) is 31.4 Å². The largest absolute Gasteiger partial charge is 0.534 e. The highest BCUT2D eigenvalue weighted by molar-refractivity contribution is 7.88. The summed E-state index contributed by atoms with van der Waals surface area (Å²) in [4.78, 5) is 3.99. The lowest BCUT2D eigenvalue weighted by Crippen LogP contribution is -2.29. The lowest BCUT2D eigenvalue weighted by molar-refractivity contribution is -0.0501. The molecule has 6 nitrogen and oxygen atoms in total. The molecule has 0 aliphatic heterocycles. The summed E-state index contributed by atoms with van der Waals surface area (Å²) >= 11 is 0. The van der Waals surface area contributed by atoms with Crippen molar-refractivity contribution in [1.82, 2.24) is 14.8 Å². The van der Waals surface area contributed by atoms with E-state index in [1.807, 2.05) is 0 Å². The predicted molar refractivity (Wildman–Crippen MR) is 87.1 cm³/mol. The molecule has 0 aliphatic carbocycles. The number of aromatic nitrogens is 3. The summed E-state index contributed by atoms with van der Waals surface area (Å²) in [6.07, 6.45) is 1.40. The van der Waals surface area contributed by atoms with Crippen LogP contribution in [0.4, 0.5) is 13.2 Å². The van der Waals surface area contributed by atoms with Gasteiger partial charge in [0.2, 0.25) is 5.88 Å². The lowest BCUT2D eigenvalue weighted by Gasteiger charge is -2.12. The summed E-state index contributed by atoms with van der Waals surface area (Å²) in [7, 11) is -5.89. The van der Waals surface area contributed by atoms with Crippen molar-refractivity contribution in [3.8, 4) is 22.8 Å². The van der Waals surface area contributed by atoms with Crippen LogP contribution in [-0.2, 0) is 10.1 Å². The highest BCUT2D eigenvalue weighted by atomic mass is 32.2. The molecule has 26 heavy (non-hydrogen) atoms. The number of rotatable bonds is 4. The first-order valence-electron chi connectivity index (χ1n) is 7.28. The molecule has 0 radical (unpaired) electrons. The van der Waals surface area contributed by atoms with Gasteiger partial charge in [-0.05, 0) is 24.6 Å². The summed E-state index contributed by atoms with van der Waals surface area (Å²) in [5, 5.41) is 4.12. The first kappa shape index (κ1) is 17.9. The van der Waals surface area contributed by atoms with Crippen molar-refractivity contribution in [1.29, 1.82) is 0 Å². The van der Waals surface area contributed by atoms with E-state index in [4.69, 9.17) is 0 Å². The Balaban J connectivity index is 2.25. The van der Waals surface area contributed by atoms with Gasteiger partial charge in [0.05, 0.1) is 11.3 Å². The third-order valence-electron chi connectivity index (χ3n) is 3.42. The number of pyridine rings is 1. The molecule has 2 heterocycles. The van der Waals surface area contributed by atoms with E-state index in [1.165, 1.54) is 19.2 Å². The zero-order valence-electron chi connectivity index (χ0n) is 13.3. The van der Waals surface area contributed by atoms with E-state index in [0.29, 0.717) is 5.56 Å². The van der Waals surface area contributed by atoms with Crippen LogP contribution in [0.25, 0.3) is 16.9 Å². The Hall–Kier alpha value is -2.88. The molecule has 3 aromatic rings. The van der Waals surface area contributed by atoms with Crippen molar-refractivity contribution in [2.75, 3.05) is 0 Å². The average Bonchev–Trinajstić information content (AvgIpc) is 2.91. The summed E-state index contributed by atoms with van der Waals surface area (Å²) in [5.41, 5.74) is -4.70. The monoisotopic (exact) mass is 383 g/mol. The highest BCUT2D eigenvalue weighted by Gasteiger charge is 2.49. The molecule has 3 rings (SSSR count). The molecule has 0 fully saturated rings. The Morgan fingerprint density at radius 3 is 2.27 bits per heavy atom. The molecular formula is C16H12F3N3O3S. The molecule has 0 bridgehead atoms. The predicted octanol–water partition coefficient (Wildman–Crippen LogP) is 3.47. The molecule has 0 spiro atoms. The Kier molecular flexibility index (Phi) is 4.45. The number of hydrogen-bond acceptors (Lipinski definition) is 5. The molecule has 0 atom stereocenters.